The summed E-state index contributed by atoms with van der Waals surface area (Å²) in [7, 11) is 0. The Morgan fingerprint density at radius 3 is 2.84 bits per heavy atom. The molecule has 96 valence electrons. The highest BCUT2D eigenvalue weighted by Crippen LogP contribution is 2.27. The van der Waals surface area contributed by atoms with E-state index in [0.717, 1.165) is 34.5 Å². The first-order valence-corrected chi connectivity index (χ1v) is 6.17. The molecule has 0 spiro atoms. The summed E-state index contributed by atoms with van der Waals surface area (Å²) in [6.45, 7) is 3.93. The second kappa shape index (κ2) is 4.35. The summed E-state index contributed by atoms with van der Waals surface area (Å²) < 4.78 is 5.77. The number of benzene rings is 1. The van der Waals surface area contributed by atoms with E-state index in [1.54, 1.807) is 12.1 Å². The Hall–Kier alpha value is -2.43. The third-order valence-electron chi connectivity index (χ3n) is 2.97. The predicted molar refractivity (Wildman–Crippen MR) is 73.6 cm³/mol. The van der Waals surface area contributed by atoms with Gasteiger partial charge in [0.1, 0.15) is 5.52 Å². The minimum atomic E-state index is 0.565. The first kappa shape index (κ1) is 11.6. The lowest BCUT2D eigenvalue weighted by Crippen LogP contribution is -1.97. The maximum absolute atomic E-state index is 5.77. The zero-order valence-corrected chi connectivity index (χ0v) is 10.8. The number of nitrogens with two attached hydrogens (primary N) is 1. The van der Waals surface area contributed by atoms with Crippen LogP contribution in [0, 0.1) is 6.92 Å². The Morgan fingerprint density at radius 2 is 2.05 bits per heavy atom. The molecule has 19 heavy (non-hydrogen) atoms. The molecule has 0 aliphatic rings. The molecule has 0 bridgehead atoms. The van der Waals surface area contributed by atoms with Crippen LogP contribution in [-0.4, -0.2) is 15.2 Å². The van der Waals surface area contributed by atoms with Gasteiger partial charge in [-0.05, 0) is 37.6 Å². The number of oxazole rings is 1. The van der Waals surface area contributed by atoms with Crippen molar-refractivity contribution in [1.82, 2.24) is 15.2 Å². The lowest BCUT2D eigenvalue weighted by molar-refractivity contribution is 0.617. The lowest BCUT2D eigenvalue weighted by atomic mass is 10.1. The molecule has 0 radical (unpaired) electrons. The minimum absolute atomic E-state index is 0.565. The summed E-state index contributed by atoms with van der Waals surface area (Å²) in [6, 6.07) is 7.37. The number of rotatable bonds is 2. The van der Waals surface area contributed by atoms with Crippen LogP contribution >= 0.6 is 0 Å². The second-order valence-corrected chi connectivity index (χ2v) is 4.45. The highest BCUT2D eigenvalue weighted by atomic mass is 16.3. The van der Waals surface area contributed by atoms with E-state index < -0.39 is 0 Å². The quantitative estimate of drug-likeness (QED) is 0.711. The van der Waals surface area contributed by atoms with Crippen molar-refractivity contribution in [3.8, 4) is 11.5 Å². The van der Waals surface area contributed by atoms with Crippen LogP contribution in [-0.2, 0) is 6.42 Å². The molecule has 5 nitrogen and oxygen atoms in total. The fraction of sp³-hybridized carbons (Fsp3) is 0.214. The molecule has 0 aliphatic heterocycles. The van der Waals surface area contributed by atoms with Gasteiger partial charge in [-0.3, -0.25) is 0 Å². The second-order valence-electron chi connectivity index (χ2n) is 4.45. The van der Waals surface area contributed by atoms with E-state index in [0.29, 0.717) is 11.6 Å². The molecule has 2 aromatic heterocycles. The van der Waals surface area contributed by atoms with Crippen LogP contribution in [0.25, 0.3) is 22.6 Å². The Bertz CT molecular complexity index is 748. The van der Waals surface area contributed by atoms with Gasteiger partial charge < -0.3 is 10.2 Å². The van der Waals surface area contributed by atoms with Crippen molar-refractivity contribution in [3.63, 3.8) is 0 Å². The lowest BCUT2D eigenvalue weighted by Gasteiger charge is -2.02. The molecular weight excluding hydrogens is 240 g/mol. The first-order chi connectivity index (χ1) is 9.17. The summed E-state index contributed by atoms with van der Waals surface area (Å²) >= 11 is 0. The van der Waals surface area contributed by atoms with Crippen LogP contribution in [0.2, 0.25) is 0 Å². The first-order valence-electron chi connectivity index (χ1n) is 6.17. The van der Waals surface area contributed by atoms with E-state index in [1.807, 2.05) is 26.0 Å². The van der Waals surface area contributed by atoms with Crippen LogP contribution in [0.15, 0.2) is 28.7 Å². The van der Waals surface area contributed by atoms with Crippen LogP contribution in [0.3, 0.4) is 0 Å². The molecular formula is C14H14N4O. The van der Waals surface area contributed by atoms with Gasteiger partial charge in [0.05, 0.1) is 17.0 Å². The van der Waals surface area contributed by atoms with Crippen molar-refractivity contribution in [1.29, 1.82) is 0 Å². The third kappa shape index (κ3) is 2.03. The summed E-state index contributed by atoms with van der Waals surface area (Å²) in [4.78, 5) is 4.48. The summed E-state index contributed by atoms with van der Waals surface area (Å²) in [5, 5.41) is 8.25. The van der Waals surface area contributed by atoms with E-state index in [2.05, 4.69) is 15.2 Å². The molecule has 3 aromatic rings. The number of aryl methyl sites for hydroxylation is 2. The van der Waals surface area contributed by atoms with Crippen molar-refractivity contribution < 1.29 is 4.42 Å². The number of nitrogen functional groups attached to an aromatic ring is 1. The molecule has 1 aromatic carbocycles. The molecule has 0 atom stereocenters. The van der Waals surface area contributed by atoms with Gasteiger partial charge in [0.2, 0.25) is 5.89 Å². The molecule has 0 saturated heterocycles. The molecule has 2 heterocycles. The number of hydrogen-bond donors (Lipinski definition) is 1. The number of nitrogens with zero attached hydrogens (tertiary/aromatic N) is 3. The molecule has 5 heteroatoms. The summed E-state index contributed by atoms with van der Waals surface area (Å²) in [5.74, 6) is 0.565. The Kier molecular flexibility index (Phi) is 2.67. The average molecular weight is 254 g/mol. The van der Waals surface area contributed by atoms with Gasteiger partial charge in [0, 0.05) is 5.69 Å². The standard InChI is InChI=1S/C14H14N4O/c1-3-11-10(6-8(2)17-18-11)14-16-12-7-9(15)4-5-13(12)19-14/h4-7H,3,15H2,1-2H3. The van der Waals surface area contributed by atoms with Crippen molar-refractivity contribution in [2.24, 2.45) is 0 Å². The Labute approximate surface area is 110 Å². The van der Waals surface area contributed by atoms with Gasteiger partial charge in [0.25, 0.3) is 0 Å². The van der Waals surface area contributed by atoms with Gasteiger partial charge in [0.15, 0.2) is 5.58 Å². The Balaban J connectivity index is 2.21. The van der Waals surface area contributed by atoms with Crippen LogP contribution in [0.1, 0.15) is 18.3 Å². The molecule has 3 rings (SSSR count). The van der Waals surface area contributed by atoms with Gasteiger partial charge >= 0.3 is 0 Å². The average Bonchev–Trinajstić information content (AvgIpc) is 2.81. The number of fused-ring (bicyclic) bond motifs is 1. The number of aromatic nitrogens is 3. The van der Waals surface area contributed by atoms with Gasteiger partial charge in [-0.1, -0.05) is 6.92 Å². The van der Waals surface area contributed by atoms with E-state index in [4.69, 9.17) is 10.2 Å². The molecule has 0 aliphatic carbocycles. The third-order valence-corrected chi connectivity index (χ3v) is 2.97. The highest BCUT2D eigenvalue weighted by molar-refractivity contribution is 5.79. The van der Waals surface area contributed by atoms with Crippen LogP contribution < -0.4 is 5.73 Å². The fourth-order valence-electron chi connectivity index (χ4n) is 2.02. The van der Waals surface area contributed by atoms with E-state index in [1.165, 1.54) is 0 Å². The largest absolute Gasteiger partial charge is 0.436 e. The van der Waals surface area contributed by atoms with Gasteiger partial charge in [-0.25, -0.2) is 4.98 Å². The SMILES string of the molecule is CCc1nnc(C)cc1-c1nc2cc(N)ccc2o1. The fourth-order valence-corrected chi connectivity index (χ4v) is 2.02. The van der Waals surface area contributed by atoms with Gasteiger partial charge in [-0.2, -0.15) is 10.2 Å². The smallest absolute Gasteiger partial charge is 0.229 e. The summed E-state index contributed by atoms with van der Waals surface area (Å²) in [5.41, 5.74) is 10.5. The van der Waals surface area contributed by atoms with E-state index in [-0.39, 0.29) is 0 Å². The summed E-state index contributed by atoms with van der Waals surface area (Å²) in [6.07, 6.45) is 0.781. The minimum Gasteiger partial charge on any atom is -0.436 e. The van der Waals surface area contributed by atoms with E-state index in [9.17, 15) is 0 Å². The zero-order valence-electron chi connectivity index (χ0n) is 10.8. The van der Waals surface area contributed by atoms with Gasteiger partial charge in [-0.15, -0.1) is 0 Å². The Morgan fingerprint density at radius 1 is 1.21 bits per heavy atom. The molecule has 2 N–H and O–H groups in total. The predicted octanol–water partition coefficient (Wildman–Crippen LogP) is 2.74. The van der Waals surface area contributed by atoms with Crippen molar-refractivity contribution in [3.05, 3.63) is 35.7 Å². The van der Waals surface area contributed by atoms with Crippen molar-refractivity contribution in [2.45, 2.75) is 20.3 Å². The monoisotopic (exact) mass is 254 g/mol. The molecule has 0 amide bonds. The van der Waals surface area contributed by atoms with Crippen LogP contribution in [0.4, 0.5) is 5.69 Å². The molecule has 0 unspecified atom stereocenters. The van der Waals surface area contributed by atoms with Crippen molar-refractivity contribution in [2.75, 3.05) is 5.73 Å². The number of anilines is 1. The van der Waals surface area contributed by atoms with Crippen molar-refractivity contribution >= 4 is 16.8 Å². The maximum Gasteiger partial charge on any atom is 0.229 e. The van der Waals surface area contributed by atoms with Crippen LogP contribution in [0.5, 0.6) is 0 Å². The van der Waals surface area contributed by atoms with E-state index >= 15 is 0 Å². The normalized spacial score (nSPS) is 11.1. The molecule has 0 saturated carbocycles. The number of hydrogen-bond acceptors (Lipinski definition) is 5. The topological polar surface area (TPSA) is 77.8 Å². The molecule has 0 fully saturated rings. The maximum atomic E-state index is 5.77. The zero-order chi connectivity index (χ0) is 13.4. The highest BCUT2D eigenvalue weighted by Gasteiger charge is 2.13.